The summed E-state index contributed by atoms with van der Waals surface area (Å²) in [5.41, 5.74) is 3.99. The van der Waals surface area contributed by atoms with Crippen molar-refractivity contribution in [3.63, 3.8) is 0 Å². The maximum atomic E-state index is 4.93. The van der Waals surface area contributed by atoms with Gasteiger partial charge in [-0.25, -0.2) is 0 Å². The second-order valence-electron chi connectivity index (χ2n) is 4.46. The van der Waals surface area contributed by atoms with Crippen molar-refractivity contribution in [2.45, 2.75) is 26.4 Å². The minimum atomic E-state index is 0.606. The highest BCUT2D eigenvalue weighted by Crippen LogP contribution is 2.26. The van der Waals surface area contributed by atoms with Crippen LogP contribution >= 0.6 is 0 Å². The van der Waals surface area contributed by atoms with Crippen LogP contribution in [-0.4, -0.2) is 16.7 Å². The van der Waals surface area contributed by atoms with E-state index in [1.807, 2.05) is 0 Å². The molecular weight excluding hydrogens is 228 g/mol. The number of aromatic nitrogens is 2. The Bertz CT molecular complexity index is 550. The van der Waals surface area contributed by atoms with Crippen LogP contribution in [0.3, 0.4) is 0 Å². The first-order chi connectivity index (χ1) is 8.83. The van der Waals surface area contributed by atoms with E-state index in [2.05, 4.69) is 39.0 Å². The molecule has 0 bridgehead atoms. The number of aryl methyl sites for hydroxylation is 1. The summed E-state index contributed by atoms with van der Waals surface area (Å²) in [6.45, 7) is 4.27. The molecule has 0 amide bonds. The van der Waals surface area contributed by atoms with Crippen molar-refractivity contribution in [2.75, 3.05) is 11.9 Å². The first-order valence-corrected chi connectivity index (χ1v) is 6.17. The SMILES string of the molecule is Cc1nc(CNCc2cccc3c2NCC3)no1. The molecule has 1 aliphatic rings. The van der Waals surface area contributed by atoms with Crippen molar-refractivity contribution < 1.29 is 4.52 Å². The number of para-hydroxylation sites is 1. The molecular formula is C13H16N4O. The van der Waals surface area contributed by atoms with Gasteiger partial charge in [-0.1, -0.05) is 23.4 Å². The second-order valence-corrected chi connectivity index (χ2v) is 4.46. The average Bonchev–Trinajstić information content (AvgIpc) is 2.98. The van der Waals surface area contributed by atoms with E-state index in [1.54, 1.807) is 6.92 Å². The fourth-order valence-electron chi connectivity index (χ4n) is 2.28. The van der Waals surface area contributed by atoms with Crippen LogP contribution in [0.25, 0.3) is 0 Å². The van der Waals surface area contributed by atoms with Crippen LogP contribution in [0.4, 0.5) is 5.69 Å². The van der Waals surface area contributed by atoms with Gasteiger partial charge in [-0.2, -0.15) is 4.98 Å². The zero-order chi connectivity index (χ0) is 12.4. The fourth-order valence-corrected chi connectivity index (χ4v) is 2.28. The monoisotopic (exact) mass is 244 g/mol. The Morgan fingerprint density at radius 1 is 1.39 bits per heavy atom. The number of nitrogens with zero attached hydrogens (tertiary/aromatic N) is 2. The van der Waals surface area contributed by atoms with Crippen molar-refractivity contribution in [2.24, 2.45) is 0 Å². The Morgan fingerprint density at radius 2 is 2.33 bits per heavy atom. The van der Waals surface area contributed by atoms with Crippen LogP contribution in [0.1, 0.15) is 22.8 Å². The van der Waals surface area contributed by atoms with Gasteiger partial charge in [-0.05, 0) is 17.5 Å². The summed E-state index contributed by atoms with van der Waals surface area (Å²) in [4.78, 5) is 4.16. The fraction of sp³-hybridized carbons (Fsp3) is 0.385. The van der Waals surface area contributed by atoms with Crippen molar-refractivity contribution in [3.8, 4) is 0 Å². The zero-order valence-electron chi connectivity index (χ0n) is 10.4. The van der Waals surface area contributed by atoms with Crippen LogP contribution in [0.2, 0.25) is 0 Å². The van der Waals surface area contributed by atoms with Gasteiger partial charge < -0.3 is 15.2 Å². The molecule has 0 fully saturated rings. The van der Waals surface area contributed by atoms with E-state index >= 15 is 0 Å². The molecule has 5 nitrogen and oxygen atoms in total. The maximum Gasteiger partial charge on any atom is 0.223 e. The molecule has 3 rings (SSSR count). The van der Waals surface area contributed by atoms with Crippen LogP contribution < -0.4 is 10.6 Å². The summed E-state index contributed by atoms with van der Waals surface area (Å²) in [7, 11) is 0. The third-order valence-electron chi connectivity index (χ3n) is 3.10. The van der Waals surface area contributed by atoms with Crippen LogP contribution in [0.15, 0.2) is 22.7 Å². The molecule has 1 aliphatic heterocycles. The van der Waals surface area contributed by atoms with Crippen molar-refractivity contribution >= 4 is 5.69 Å². The highest BCUT2D eigenvalue weighted by atomic mass is 16.5. The van der Waals surface area contributed by atoms with Gasteiger partial charge in [0.05, 0.1) is 6.54 Å². The van der Waals surface area contributed by atoms with E-state index in [1.165, 1.54) is 16.8 Å². The van der Waals surface area contributed by atoms with Gasteiger partial charge in [-0.3, -0.25) is 0 Å². The summed E-state index contributed by atoms with van der Waals surface area (Å²) in [5.74, 6) is 1.31. The topological polar surface area (TPSA) is 63.0 Å². The average molecular weight is 244 g/mol. The van der Waals surface area contributed by atoms with Gasteiger partial charge in [-0.15, -0.1) is 0 Å². The highest BCUT2D eigenvalue weighted by molar-refractivity contribution is 5.61. The Balaban J connectivity index is 1.62. The van der Waals surface area contributed by atoms with E-state index in [0.29, 0.717) is 18.3 Å². The molecule has 0 saturated heterocycles. The molecule has 0 aliphatic carbocycles. The first-order valence-electron chi connectivity index (χ1n) is 6.17. The quantitative estimate of drug-likeness (QED) is 0.856. The number of rotatable bonds is 4. The van der Waals surface area contributed by atoms with Crippen LogP contribution in [0.5, 0.6) is 0 Å². The molecule has 0 spiro atoms. The minimum Gasteiger partial charge on any atom is -0.384 e. The summed E-state index contributed by atoms with van der Waals surface area (Å²) >= 11 is 0. The van der Waals surface area contributed by atoms with Gasteiger partial charge in [0, 0.05) is 25.7 Å². The lowest BCUT2D eigenvalue weighted by Crippen LogP contribution is -2.14. The molecule has 2 aromatic rings. The predicted octanol–water partition coefficient (Wildman–Crippen LogP) is 1.64. The molecule has 2 heterocycles. The second kappa shape index (κ2) is 4.78. The van der Waals surface area contributed by atoms with Crippen LogP contribution in [-0.2, 0) is 19.5 Å². The van der Waals surface area contributed by atoms with E-state index in [4.69, 9.17) is 4.52 Å². The molecule has 1 aromatic carbocycles. The number of anilines is 1. The number of hydrogen-bond donors (Lipinski definition) is 2. The molecule has 5 heteroatoms. The van der Waals surface area contributed by atoms with Gasteiger partial charge in [0.1, 0.15) is 0 Å². The summed E-state index contributed by atoms with van der Waals surface area (Å²) in [6, 6.07) is 6.44. The van der Waals surface area contributed by atoms with Gasteiger partial charge in [0.15, 0.2) is 5.82 Å². The van der Waals surface area contributed by atoms with Gasteiger partial charge in [0.25, 0.3) is 0 Å². The molecule has 0 saturated carbocycles. The molecule has 0 radical (unpaired) electrons. The van der Waals surface area contributed by atoms with E-state index in [-0.39, 0.29) is 0 Å². The van der Waals surface area contributed by atoms with Gasteiger partial charge >= 0.3 is 0 Å². The van der Waals surface area contributed by atoms with Gasteiger partial charge in [0.2, 0.25) is 5.89 Å². The van der Waals surface area contributed by atoms with Crippen molar-refractivity contribution in [3.05, 3.63) is 41.0 Å². The number of hydrogen-bond acceptors (Lipinski definition) is 5. The lowest BCUT2D eigenvalue weighted by Gasteiger charge is -2.08. The molecule has 0 atom stereocenters. The van der Waals surface area contributed by atoms with Crippen molar-refractivity contribution in [1.82, 2.24) is 15.5 Å². The highest BCUT2D eigenvalue weighted by Gasteiger charge is 2.13. The Kier molecular flexibility index (Phi) is 2.98. The summed E-state index contributed by atoms with van der Waals surface area (Å²) in [6.07, 6.45) is 1.12. The molecule has 18 heavy (non-hydrogen) atoms. The molecule has 2 N–H and O–H groups in total. The third-order valence-corrected chi connectivity index (χ3v) is 3.10. The number of nitrogens with one attached hydrogen (secondary N) is 2. The van der Waals surface area contributed by atoms with E-state index in [0.717, 1.165) is 19.5 Å². The smallest absolute Gasteiger partial charge is 0.223 e. The summed E-state index contributed by atoms with van der Waals surface area (Å²) in [5, 5.41) is 10.6. The summed E-state index contributed by atoms with van der Waals surface area (Å²) < 4.78 is 4.93. The normalized spacial score (nSPS) is 13.4. The lowest BCUT2D eigenvalue weighted by atomic mass is 10.1. The van der Waals surface area contributed by atoms with E-state index in [9.17, 15) is 0 Å². The van der Waals surface area contributed by atoms with Crippen LogP contribution in [0, 0.1) is 6.92 Å². The molecule has 1 aromatic heterocycles. The third kappa shape index (κ3) is 2.22. The van der Waals surface area contributed by atoms with E-state index < -0.39 is 0 Å². The lowest BCUT2D eigenvalue weighted by molar-refractivity contribution is 0.385. The largest absolute Gasteiger partial charge is 0.384 e. The first kappa shape index (κ1) is 11.2. The Labute approximate surface area is 106 Å². The standard InChI is InChI=1S/C13H16N4O/c1-9-16-12(17-18-9)8-14-7-11-4-2-3-10-5-6-15-13(10)11/h2-4,14-15H,5-8H2,1H3. The minimum absolute atomic E-state index is 0.606. The number of fused-ring (bicyclic) bond motifs is 1. The maximum absolute atomic E-state index is 4.93. The predicted molar refractivity (Wildman–Crippen MR) is 68.2 cm³/mol. The Hall–Kier alpha value is -1.88. The van der Waals surface area contributed by atoms with Crippen molar-refractivity contribution in [1.29, 1.82) is 0 Å². The molecule has 0 unspecified atom stereocenters. The molecule has 94 valence electrons. The number of benzene rings is 1. The Morgan fingerprint density at radius 3 is 3.17 bits per heavy atom. The zero-order valence-corrected chi connectivity index (χ0v) is 10.4.